The monoisotopic (exact) mass is 252 g/mol. The van der Waals surface area contributed by atoms with Crippen LogP contribution in [0.1, 0.15) is 12.8 Å². The molecule has 1 spiro atoms. The summed E-state index contributed by atoms with van der Waals surface area (Å²) >= 11 is 5.41. The lowest BCUT2D eigenvalue weighted by Gasteiger charge is -2.31. The minimum atomic E-state index is -0.205. The number of hydrogen-bond donors (Lipinski definition) is 0. The largest absolute Gasteiger partial charge is 0.347 e. The van der Waals surface area contributed by atoms with Gasteiger partial charge in [0.15, 0.2) is 5.79 Å². The summed E-state index contributed by atoms with van der Waals surface area (Å²) in [5, 5.41) is 0.891. The molecule has 0 aromatic carbocycles. The molecule has 0 bridgehead atoms. The maximum absolute atomic E-state index is 5.86. The Hall–Kier alpha value is 0.750. The van der Waals surface area contributed by atoms with Crippen LogP contribution in [-0.4, -0.2) is 35.3 Å². The first kappa shape index (κ1) is 9.31. The van der Waals surface area contributed by atoms with Gasteiger partial charge in [-0.25, -0.2) is 0 Å². The summed E-state index contributed by atoms with van der Waals surface area (Å²) in [5.74, 6) is 2.15. The van der Waals surface area contributed by atoms with Crippen LogP contribution in [0.3, 0.4) is 0 Å². The lowest BCUT2D eigenvalue weighted by atomic mass is 10.1. The molecule has 0 radical (unpaired) electrons. The van der Waals surface area contributed by atoms with Crippen LogP contribution >= 0.6 is 27.7 Å². The molecule has 12 heavy (non-hydrogen) atoms. The van der Waals surface area contributed by atoms with E-state index in [1.165, 1.54) is 11.5 Å². The van der Waals surface area contributed by atoms with Crippen LogP contribution in [-0.2, 0) is 9.47 Å². The highest BCUT2D eigenvalue weighted by molar-refractivity contribution is 9.09. The van der Waals surface area contributed by atoms with Crippen molar-refractivity contribution in [3.63, 3.8) is 0 Å². The SMILES string of the molecule is BrCC1COC2(CCSCC2)O1. The van der Waals surface area contributed by atoms with Crippen molar-refractivity contribution in [2.24, 2.45) is 0 Å². The Balaban J connectivity index is 1.94. The molecular weight excluding hydrogens is 240 g/mol. The summed E-state index contributed by atoms with van der Waals surface area (Å²) in [6, 6.07) is 0. The van der Waals surface area contributed by atoms with Gasteiger partial charge >= 0.3 is 0 Å². The number of thioether (sulfide) groups is 1. The molecule has 2 aliphatic heterocycles. The van der Waals surface area contributed by atoms with E-state index >= 15 is 0 Å². The van der Waals surface area contributed by atoms with E-state index in [2.05, 4.69) is 15.9 Å². The first-order valence-corrected chi connectivity index (χ1v) is 6.58. The van der Waals surface area contributed by atoms with Crippen molar-refractivity contribution < 1.29 is 9.47 Å². The Bertz CT molecular complexity index is 159. The maximum Gasteiger partial charge on any atom is 0.170 e. The molecular formula is C8H13BrO2S. The van der Waals surface area contributed by atoms with Crippen molar-refractivity contribution in [2.75, 3.05) is 23.4 Å². The van der Waals surface area contributed by atoms with Gasteiger partial charge in [0, 0.05) is 18.2 Å². The van der Waals surface area contributed by atoms with E-state index in [0.29, 0.717) is 0 Å². The van der Waals surface area contributed by atoms with Crippen molar-refractivity contribution in [2.45, 2.75) is 24.7 Å². The van der Waals surface area contributed by atoms with Crippen LogP contribution < -0.4 is 0 Å². The molecule has 0 aromatic rings. The molecule has 1 unspecified atom stereocenters. The zero-order chi connectivity index (χ0) is 8.44. The van der Waals surface area contributed by atoms with Gasteiger partial charge in [-0.15, -0.1) is 0 Å². The van der Waals surface area contributed by atoms with Crippen molar-refractivity contribution in [3.8, 4) is 0 Å². The minimum Gasteiger partial charge on any atom is -0.347 e. The fourth-order valence-electron chi connectivity index (χ4n) is 1.64. The van der Waals surface area contributed by atoms with Crippen molar-refractivity contribution in [1.29, 1.82) is 0 Å². The van der Waals surface area contributed by atoms with Gasteiger partial charge in [0.2, 0.25) is 0 Å². The third kappa shape index (κ3) is 1.81. The lowest BCUT2D eigenvalue weighted by molar-refractivity contribution is -0.169. The summed E-state index contributed by atoms with van der Waals surface area (Å²) in [5.41, 5.74) is 0. The van der Waals surface area contributed by atoms with Gasteiger partial charge in [-0.2, -0.15) is 11.8 Å². The Morgan fingerprint density at radius 2 is 2.17 bits per heavy atom. The zero-order valence-electron chi connectivity index (χ0n) is 6.92. The second kappa shape index (κ2) is 3.86. The Morgan fingerprint density at radius 3 is 2.75 bits per heavy atom. The summed E-state index contributed by atoms with van der Waals surface area (Å²) in [6.45, 7) is 0.760. The van der Waals surface area contributed by atoms with E-state index in [4.69, 9.17) is 9.47 Å². The molecule has 2 fully saturated rings. The van der Waals surface area contributed by atoms with Crippen LogP contribution in [0.15, 0.2) is 0 Å². The third-order valence-corrected chi connectivity index (χ3v) is 4.05. The standard InChI is InChI=1S/C8H13BrO2S/c9-5-7-6-10-8(11-7)1-3-12-4-2-8/h7H,1-6H2. The Kier molecular flexibility index (Phi) is 3.00. The van der Waals surface area contributed by atoms with Crippen molar-refractivity contribution >= 4 is 27.7 Å². The van der Waals surface area contributed by atoms with Gasteiger partial charge in [0.1, 0.15) is 0 Å². The van der Waals surface area contributed by atoms with Gasteiger partial charge in [-0.05, 0) is 11.5 Å². The average molecular weight is 253 g/mol. The van der Waals surface area contributed by atoms with Gasteiger partial charge in [0.05, 0.1) is 12.7 Å². The van der Waals surface area contributed by atoms with E-state index in [0.717, 1.165) is 24.8 Å². The fourth-order valence-corrected chi connectivity index (χ4v) is 3.07. The molecule has 2 nitrogen and oxygen atoms in total. The van der Waals surface area contributed by atoms with E-state index in [-0.39, 0.29) is 11.9 Å². The Morgan fingerprint density at radius 1 is 1.42 bits per heavy atom. The predicted octanol–water partition coefficient (Wildman–Crippen LogP) is 2.02. The summed E-state index contributed by atoms with van der Waals surface area (Å²) in [6.07, 6.45) is 2.38. The number of ether oxygens (including phenoxy) is 2. The molecule has 4 heteroatoms. The highest BCUT2D eigenvalue weighted by Gasteiger charge is 2.41. The van der Waals surface area contributed by atoms with Gasteiger partial charge in [-0.3, -0.25) is 0 Å². The molecule has 2 heterocycles. The first-order chi connectivity index (χ1) is 5.85. The normalized spacial score (nSPS) is 34.2. The first-order valence-electron chi connectivity index (χ1n) is 4.30. The molecule has 2 rings (SSSR count). The van der Waals surface area contributed by atoms with Gasteiger partial charge in [0.25, 0.3) is 0 Å². The lowest BCUT2D eigenvalue weighted by Crippen LogP contribution is -2.35. The minimum absolute atomic E-state index is 0.205. The quantitative estimate of drug-likeness (QED) is 0.666. The molecule has 2 saturated heterocycles. The molecule has 1 atom stereocenters. The van der Waals surface area contributed by atoms with E-state index in [9.17, 15) is 0 Å². The van der Waals surface area contributed by atoms with Crippen LogP contribution in [0.2, 0.25) is 0 Å². The summed E-state index contributed by atoms with van der Waals surface area (Å²) in [4.78, 5) is 0. The Labute approximate surface area is 85.5 Å². The highest BCUT2D eigenvalue weighted by atomic mass is 79.9. The summed E-state index contributed by atoms with van der Waals surface area (Å²) in [7, 11) is 0. The number of alkyl halides is 1. The van der Waals surface area contributed by atoms with Gasteiger partial charge in [-0.1, -0.05) is 15.9 Å². The maximum atomic E-state index is 5.86. The van der Waals surface area contributed by atoms with Crippen LogP contribution in [0.4, 0.5) is 0 Å². The number of hydrogen-bond acceptors (Lipinski definition) is 3. The smallest absolute Gasteiger partial charge is 0.170 e. The topological polar surface area (TPSA) is 18.5 Å². The molecule has 0 N–H and O–H groups in total. The van der Waals surface area contributed by atoms with E-state index in [1.807, 2.05) is 11.8 Å². The number of rotatable bonds is 1. The second-order valence-electron chi connectivity index (χ2n) is 3.23. The van der Waals surface area contributed by atoms with E-state index < -0.39 is 0 Å². The molecule has 2 aliphatic rings. The van der Waals surface area contributed by atoms with Crippen molar-refractivity contribution in [1.82, 2.24) is 0 Å². The highest BCUT2D eigenvalue weighted by Crippen LogP contribution is 2.36. The van der Waals surface area contributed by atoms with Crippen LogP contribution in [0.25, 0.3) is 0 Å². The molecule has 0 amide bonds. The van der Waals surface area contributed by atoms with Crippen LogP contribution in [0, 0.1) is 0 Å². The molecule has 70 valence electrons. The number of halogens is 1. The van der Waals surface area contributed by atoms with Gasteiger partial charge < -0.3 is 9.47 Å². The third-order valence-electron chi connectivity index (χ3n) is 2.34. The van der Waals surface area contributed by atoms with Crippen LogP contribution in [0.5, 0.6) is 0 Å². The molecule has 0 aliphatic carbocycles. The summed E-state index contributed by atoms with van der Waals surface area (Å²) < 4.78 is 11.6. The molecule has 0 aromatic heterocycles. The van der Waals surface area contributed by atoms with E-state index in [1.54, 1.807) is 0 Å². The molecule has 0 saturated carbocycles. The fraction of sp³-hybridized carbons (Fsp3) is 1.00. The zero-order valence-corrected chi connectivity index (χ0v) is 9.33. The second-order valence-corrected chi connectivity index (χ2v) is 5.10. The predicted molar refractivity (Wildman–Crippen MR) is 53.9 cm³/mol. The average Bonchev–Trinajstić information content (AvgIpc) is 2.50. The van der Waals surface area contributed by atoms with Crippen molar-refractivity contribution in [3.05, 3.63) is 0 Å².